The van der Waals surface area contributed by atoms with Gasteiger partial charge in [0.1, 0.15) is 0 Å². The summed E-state index contributed by atoms with van der Waals surface area (Å²) >= 11 is 0. The maximum Gasteiger partial charge on any atom is 0.243 e. The summed E-state index contributed by atoms with van der Waals surface area (Å²) in [6.45, 7) is 9.87. The van der Waals surface area contributed by atoms with E-state index in [1.54, 1.807) is 36.4 Å². The molecule has 3 nitrogen and oxygen atoms in total. The second kappa shape index (κ2) is 9.18. The highest BCUT2D eigenvalue weighted by atomic mass is 32.2. The summed E-state index contributed by atoms with van der Waals surface area (Å²) in [7, 11) is -3.50. The summed E-state index contributed by atoms with van der Waals surface area (Å²) in [5.41, 5.74) is 1.03. The van der Waals surface area contributed by atoms with Crippen molar-refractivity contribution >= 4 is 10.0 Å². The minimum Gasteiger partial charge on any atom is -0.207 e. The fourth-order valence-electron chi connectivity index (χ4n) is 1.85. The maximum absolute atomic E-state index is 12.7. The molecule has 0 N–H and O–H groups in total. The summed E-state index contributed by atoms with van der Waals surface area (Å²) in [6.07, 6.45) is 11.2. The Labute approximate surface area is 134 Å². The molecule has 0 fully saturated rings. The van der Waals surface area contributed by atoms with Gasteiger partial charge in [-0.3, -0.25) is 0 Å². The molecule has 0 spiro atoms. The highest BCUT2D eigenvalue weighted by Gasteiger charge is 2.22. The van der Waals surface area contributed by atoms with Gasteiger partial charge in [-0.1, -0.05) is 67.3 Å². The number of hydrogen-bond donors (Lipinski definition) is 0. The topological polar surface area (TPSA) is 37.4 Å². The van der Waals surface area contributed by atoms with Crippen LogP contribution in [0.4, 0.5) is 0 Å². The van der Waals surface area contributed by atoms with Crippen molar-refractivity contribution in [2.45, 2.75) is 18.2 Å². The zero-order chi connectivity index (χ0) is 16.4. The number of hydrogen-bond acceptors (Lipinski definition) is 2. The van der Waals surface area contributed by atoms with Gasteiger partial charge in [0.2, 0.25) is 10.0 Å². The molecule has 1 rings (SSSR count). The Kier molecular flexibility index (Phi) is 7.57. The van der Waals surface area contributed by atoms with E-state index in [1.165, 1.54) is 4.31 Å². The molecule has 0 aromatic heterocycles. The Morgan fingerprint density at radius 3 is 2.23 bits per heavy atom. The molecule has 22 heavy (non-hydrogen) atoms. The third kappa shape index (κ3) is 5.47. The van der Waals surface area contributed by atoms with E-state index < -0.39 is 10.0 Å². The summed E-state index contributed by atoms with van der Waals surface area (Å²) < 4.78 is 26.9. The van der Waals surface area contributed by atoms with E-state index in [9.17, 15) is 8.42 Å². The van der Waals surface area contributed by atoms with Crippen molar-refractivity contribution in [1.29, 1.82) is 0 Å². The first-order valence-corrected chi connectivity index (χ1v) is 8.58. The largest absolute Gasteiger partial charge is 0.243 e. The maximum atomic E-state index is 12.7. The molecule has 0 aliphatic carbocycles. The van der Waals surface area contributed by atoms with Crippen LogP contribution in [0, 0.1) is 6.92 Å². The Morgan fingerprint density at radius 1 is 1.05 bits per heavy atom. The number of allylic oxidation sites excluding steroid dienone is 4. The van der Waals surface area contributed by atoms with Crippen molar-refractivity contribution in [3.05, 3.63) is 79.4 Å². The SMILES string of the molecule is C=C/C=C/CCN(C/C=C/C=C)S(=O)(=O)c1ccc(C)cc1. The minimum atomic E-state index is -3.50. The lowest BCUT2D eigenvalue weighted by Gasteiger charge is -2.20. The first-order chi connectivity index (χ1) is 10.5. The lowest BCUT2D eigenvalue weighted by molar-refractivity contribution is 0.448. The van der Waals surface area contributed by atoms with Crippen molar-refractivity contribution in [3.63, 3.8) is 0 Å². The second-order valence-corrected chi connectivity index (χ2v) is 6.73. The number of aryl methyl sites for hydroxylation is 1. The van der Waals surface area contributed by atoms with Crippen molar-refractivity contribution in [1.82, 2.24) is 4.31 Å². The van der Waals surface area contributed by atoms with Crippen molar-refractivity contribution in [2.75, 3.05) is 13.1 Å². The summed E-state index contributed by atoms with van der Waals surface area (Å²) in [5.74, 6) is 0. The fraction of sp³-hybridized carbons (Fsp3) is 0.222. The van der Waals surface area contributed by atoms with Crippen LogP contribution in [0.3, 0.4) is 0 Å². The lowest BCUT2D eigenvalue weighted by atomic mass is 10.2. The number of benzene rings is 1. The molecule has 0 radical (unpaired) electrons. The highest BCUT2D eigenvalue weighted by Crippen LogP contribution is 2.17. The van der Waals surface area contributed by atoms with Gasteiger partial charge in [-0.05, 0) is 25.5 Å². The van der Waals surface area contributed by atoms with Crippen LogP contribution in [0.25, 0.3) is 0 Å². The Bertz CT molecular complexity index is 640. The van der Waals surface area contributed by atoms with Crippen LogP contribution in [0.2, 0.25) is 0 Å². The standard InChI is InChI=1S/C18H23NO2S/c1-4-6-8-10-16-19(15-9-7-5-2)22(20,21)18-13-11-17(3)12-14-18/h4-9,11-14H,1-2,10,15-16H2,3H3/b8-6+,9-7+. The summed E-state index contributed by atoms with van der Waals surface area (Å²) in [6, 6.07) is 6.91. The van der Waals surface area contributed by atoms with Gasteiger partial charge in [0.15, 0.2) is 0 Å². The van der Waals surface area contributed by atoms with Gasteiger partial charge >= 0.3 is 0 Å². The first-order valence-electron chi connectivity index (χ1n) is 7.14. The van der Waals surface area contributed by atoms with E-state index in [0.29, 0.717) is 24.4 Å². The summed E-state index contributed by atoms with van der Waals surface area (Å²) in [5, 5.41) is 0. The van der Waals surface area contributed by atoms with Crippen LogP contribution in [-0.4, -0.2) is 25.8 Å². The molecule has 4 heteroatoms. The van der Waals surface area contributed by atoms with Crippen LogP contribution in [-0.2, 0) is 10.0 Å². The number of sulfonamides is 1. The molecule has 0 amide bonds. The Morgan fingerprint density at radius 2 is 1.64 bits per heavy atom. The van der Waals surface area contributed by atoms with E-state index in [0.717, 1.165) is 5.56 Å². The smallest absolute Gasteiger partial charge is 0.207 e. The van der Waals surface area contributed by atoms with E-state index in [4.69, 9.17) is 0 Å². The predicted molar refractivity (Wildman–Crippen MR) is 93.2 cm³/mol. The zero-order valence-electron chi connectivity index (χ0n) is 13.0. The van der Waals surface area contributed by atoms with Crippen molar-refractivity contribution < 1.29 is 8.42 Å². The molecule has 1 aromatic rings. The van der Waals surface area contributed by atoms with E-state index in [2.05, 4.69) is 13.2 Å². The lowest BCUT2D eigenvalue weighted by Crippen LogP contribution is -2.32. The zero-order valence-corrected chi connectivity index (χ0v) is 13.8. The van der Waals surface area contributed by atoms with Crippen molar-refractivity contribution in [2.24, 2.45) is 0 Å². The number of rotatable bonds is 9. The van der Waals surface area contributed by atoms with Gasteiger partial charge < -0.3 is 0 Å². The van der Waals surface area contributed by atoms with Gasteiger partial charge in [0.05, 0.1) is 4.90 Å². The van der Waals surface area contributed by atoms with E-state index >= 15 is 0 Å². The van der Waals surface area contributed by atoms with E-state index in [-0.39, 0.29) is 0 Å². The number of nitrogens with zero attached hydrogens (tertiary/aromatic N) is 1. The van der Waals surface area contributed by atoms with Gasteiger partial charge in [0, 0.05) is 13.1 Å². The second-order valence-electron chi connectivity index (χ2n) is 4.79. The fourth-order valence-corrected chi connectivity index (χ4v) is 3.26. The quantitative estimate of drug-likeness (QED) is 0.649. The van der Waals surface area contributed by atoms with Crippen LogP contribution in [0.15, 0.2) is 78.8 Å². The molecule has 0 saturated carbocycles. The molecule has 0 saturated heterocycles. The molecule has 0 heterocycles. The normalized spacial score (nSPS) is 12.3. The molecule has 118 valence electrons. The molecule has 1 aromatic carbocycles. The monoisotopic (exact) mass is 317 g/mol. The van der Waals surface area contributed by atoms with Gasteiger partial charge in [-0.25, -0.2) is 8.42 Å². The average molecular weight is 317 g/mol. The van der Waals surface area contributed by atoms with Crippen LogP contribution >= 0.6 is 0 Å². The molecule has 0 aliphatic rings. The molecular formula is C18H23NO2S. The molecule has 0 unspecified atom stereocenters. The van der Waals surface area contributed by atoms with E-state index in [1.807, 2.05) is 31.2 Å². The molecule has 0 atom stereocenters. The van der Waals surface area contributed by atoms with Gasteiger partial charge in [-0.15, -0.1) is 0 Å². The predicted octanol–water partition coefficient (Wildman–Crippen LogP) is 3.86. The van der Waals surface area contributed by atoms with Crippen molar-refractivity contribution in [3.8, 4) is 0 Å². The van der Waals surface area contributed by atoms with Gasteiger partial charge in [-0.2, -0.15) is 4.31 Å². The van der Waals surface area contributed by atoms with Crippen LogP contribution in [0.1, 0.15) is 12.0 Å². The van der Waals surface area contributed by atoms with Crippen LogP contribution in [0.5, 0.6) is 0 Å². The molecule has 0 bridgehead atoms. The minimum absolute atomic E-state index is 0.317. The Hall–Kier alpha value is -1.91. The first kappa shape index (κ1) is 18.1. The third-order valence-electron chi connectivity index (χ3n) is 3.06. The van der Waals surface area contributed by atoms with Crippen LogP contribution < -0.4 is 0 Å². The molecule has 0 aliphatic heterocycles. The summed E-state index contributed by atoms with van der Waals surface area (Å²) in [4.78, 5) is 0.317. The third-order valence-corrected chi connectivity index (χ3v) is 4.94. The average Bonchev–Trinajstić information content (AvgIpc) is 2.50. The molecular weight excluding hydrogens is 294 g/mol. The highest BCUT2D eigenvalue weighted by molar-refractivity contribution is 7.89. The Balaban J connectivity index is 2.97. The van der Waals surface area contributed by atoms with Gasteiger partial charge in [0.25, 0.3) is 0 Å².